The lowest BCUT2D eigenvalue weighted by Crippen LogP contribution is -2.33. The first kappa shape index (κ1) is 16.5. The number of hydrogen-bond donors (Lipinski definition) is 1. The molecule has 0 saturated carbocycles. The van der Waals surface area contributed by atoms with Gasteiger partial charge in [0.1, 0.15) is 0 Å². The highest BCUT2D eigenvalue weighted by Gasteiger charge is 2.24. The number of rotatable bonds is 8. The summed E-state index contributed by atoms with van der Waals surface area (Å²) >= 11 is 0. The molecule has 0 saturated heterocycles. The van der Waals surface area contributed by atoms with Crippen molar-refractivity contribution >= 4 is 15.7 Å². The van der Waals surface area contributed by atoms with Gasteiger partial charge < -0.3 is 5.11 Å². The lowest BCUT2D eigenvalue weighted by molar-refractivity contribution is -0.385. The molecule has 1 rings (SSSR count). The predicted octanol–water partition coefficient (Wildman–Crippen LogP) is 1.13. The summed E-state index contributed by atoms with van der Waals surface area (Å²) in [6, 6.07) is 5.80. The number of para-hydroxylation sites is 1. The number of sulfonamides is 1. The lowest BCUT2D eigenvalue weighted by Gasteiger charge is -2.19. The molecule has 1 N–H and O–H groups in total. The van der Waals surface area contributed by atoms with Gasteiger partial charge in [0.05, 0.1) is 10.7 Å². The van der Waals surface area contributed by atoms with Crippen LogP contribution in [0.15, 0.2) is 24.3 Å². The third kappa shape index (κ3) is 4.26. The van der Waals surface area contributed by atoms with Gasteiger partial charge in [0.15, 0.2) is 0 Å². The van der Waals surface area contributed by atoms with Gasteiger partial charge >= 0.3 is 0 Å². The van der Waals surface area contributed by atoms with E-state index >= 15 is 0 Å². The molecule has 0 atom stereocenters. The first-order valence-corrected chi connectivity index (χ1v) is 7.84. The molecule has 112 valence electrons. The number of aliphatic hydroxyl groups excluding tert-OH is 1. The van der Waals surface area contributed by atoms with E-state index in [-0.39, 0.29) is 30.9 Å². The molecule has 0 aliphatic heterocycles. The quantitative estimate of drug-likeness (QED) is 0.573. The normalized spacial score (nSPS) is 11.8. The zero-order valence-corrected chi connectivity index (χ0v) is 12.0. The molecule has 20 heavy (non-hydrogen) atoms. The van der Waals surface area contributed by atoms with Crippen LogP contribution in [0.25, 0.3) is 0 Å². The van der Waals surface area contributed by atoms with Crippen molar-refractivity contribution in [1.29, 1.82) is 0 Å². The molecule has 0 heterocycles. The summed E-state index contributed by atoms with van der Waals surface area (Å²) in [5.41, 5.74) is -0.0331. The van der Waals surface area contributed by atoms with E-state index in [1.165, 1.54) is 22.5 Å². The van der Waals surface area contributed by atoms with Crippen molar-refractivity contribution < 1.29 is 18.4 Å². The van der Waals surface area contributed by atoms with Crippen LogP contribution in [-0.4, -0.2) is 42.4 Å². The number of nitro groups is 1. The molecule has 0 fully saturated rings. The molecular formula is C12H18N2O5S. The molecule has 0 aliphatic rings. The first-order valence-electron chi connectivity index (χ1n) is 6.23. The van der Waals surface area contributed by atoms with Crippen LogP contribution in [0.2, 0.25) is 0 Å². The summed E-state index contributed by atoms with van der Waals surface area (Å²) in [4.78, 5) is 10.3. The van der Waals surface area contributed by atoms with Crippen LogP contribution in [-0.2, 0) is 15.8 Å². The van der Waals surface area contributed by atoms with Crippen molar-refractivity contribution in [3.63, 3.8) is 0 Å². The highest BCUT2D eigenvalue weighted by molar-refractivity contribution is 7.88. The predicted molar refractivity (Wildman–Crippen MR) is 74.7 cm³/mol. The van der Waals surface area contributed by atoms with Gasteiger partial charge in [0.2, 0.25) is 10.0 Å². The maximum absolute atomic E-state index is 12.2. The van der Waals surface area contributed by atoms with Gasteiger partial charge in [-0.05, 0) is 6.42 Å². The molecule has 0 bridgehead atoms. The van der Waals surface area contributed by atoms with E-state index in [2.05, 4.69) is 0 Å². The summed E-state index contributed by atoms with van der Waals surface area (Å²) in [6.45, 7) is 2.06. The average Bonchev–Trinajstić information content (AvgIpc) is 2.39. The zero-order valence-electron chi connectivity index (χ0n) is 11.2. The Kier molecular flexibility index (Phi) is 6.05. The van der Waals surface area contributed by atoms with Crippen LogP contribution in [0.4, 0.5) is 5.69 Å². The number of aliphatic hydroxyl groups is 1. The Labute approximate surface area is 118 Å². The van der Waals surface area contributed by atoms with E-state index in [4.69, 9.17) is 5.11 Å². The van der Waals surface area contributed by atoms with Crippen LogP contribution < -0.4 is 0 Å². The second-order valence-corrected chi connectivity index (χ2v) is 6.18. The van der Waals surface area contributed by atoms with Gasteiger partial charge in [-0.2, -0.15) is 0 Å². The highest BCUT2D eigenvalue weighted by atomic mass is 32.2. The molecular weight excluding hydrogens is 284 g/mol. The minimum absolute atomic E-state index is 0.0997. The first-order chi connectivity index (χ1) is 9.42. The monoisotopic (exact) mass is 302 g/mol. The Morgan fingerprint density at radius 3 is 2.55 bits per heavy atom. The van der Waals surface area contributed by atoms with Crippen LogP contribution >= 0.6 is 0 Å². The molecule has 0 unspecified atom stereocenters. The van der Waals surface area contributed by atoms with Crippen molar-refractivity contribution in [2.24, 2.45) is 0 Å². The number of benzene rings is 1. The minimum Gasteiger partial charge on any atom is -0.396 e. The molecule has 0 radical (unpaired) electrons. The van der Waals surface area contributed by atoms with Crippen molar-refractivity contribution in [2.75, 3.05) is 19.7 Å². The maximum Gasteiger partial charge on any atom is 0.273 e. The van der Waals surface area contributed by atoms with Gasteiger partial charge in [0, 0.05) is 31.3 Å². The summed E-state index contributed by atoms with van der Waals surface area (Å²) in [5, 5.41) is 19.7. The van der Waals surface area contributed by atoms with Crippen molar-refractivity contribution in [2.45, 2.75) is 19.1 Å². The van der Waals surface area contributed by atoms with Crippen LogP contribution in [0.5, 0.6) is 0 Å². The van der Waals surface area contributed by atoms with Gasteiger partial charge in [-0.15, -0.1) is 0 Å². The summed E-state index contributed by atoms with van der Waals surface area (Å²) in [6.07, 6.45) is 0.337. The Morgan fingerprint density at radius 1 is 1.35 bits per heavy atom. The SMILES string of the molecule is CCN(CCCO)S(=O)(=O)Cc1ccccc1[N+](=O)[O-]. The van der Waals surface area contributed by atoms with Crippen molar-refractivity contribution in [3.05, 3.63) is 39.9 Å². The fourth-order valence-electron chi connectivity index (χ4n) is 1.84. The fraction of sp³-hybridized carbons (Fsp3) is 0.500. The number of nitrogens with zero attached hydrogens (tertiary/aromatic N) is 2. The smallest absolute Gasteiger partial charge is 0.273 e. The standard InChI is InChI=1S/C12H18N2O5S/c1-2-13(8-5-9-15)20(18,19)10-11-6-3-4-7-12(11)14(16)17/h3-4,6-7,15H,2,5,8-10H2,1H3. The molecule has 7 nitrogen and oxygen atoms in total. The zero-order chi connectivity index (χ0) is 15.2. The summed E-state index contributed by atoms with van der Waals surface area (Å²) < 4.78 is 25.7. The second-order valence-electron chi connectivity index (χ2n) is 4.21. The largest absolute Gasteiger partial charge is 0.396 e. The number of nitro benzene ring substituents is 1. The van der Waals surface area contributed by atoms with Gasteiger partial charge in [-0.3, -0.25) is 10.1 Å². The van der Waals surface area contributed by atoms with Crippen molar-refractivity contribution in [1.82, 2.24) is 4.31 Å². The molecule has 0 aliphatic carbocycles. The van der Waals surface area contributed by atoms with E-state index in [1.807, 2.05) is 0 Å². The highest BCUT2D eigenvalue weighted by Crippen LogP contribution is 2.21. The van der Waals surface area contributed by atoms with Crippen LogP contribution in [0.1, 0.15) is 18.9 Å². The fourth-order valence-corrected chi connectivity index (χ4v) is 3.46. The third-order valence-corrected chi connectivity index (χ3v) is 4.74. The summed E-state index contributed by atoms with van der Waals surface area (Å²) in [5.74, 6) is -0.413. The molecule has 0 aromatic heterocycles. The molecule has 8 heteroatoms. The topological polar surface area (TPSA) is 101 Å². The van der Waals surface area contributed by atoms with Gasteiger partial charge in [-0.1, -0.05) is 25.1 Å². The van der Waals surface area contributed by atoms with Gasteiger partial charge in [0.25, 0.3) is 5.69 Å². The van der Waals surface area contributed by atoms with Gasteiger partial charge in [-0.25, -0.2) is 12.7 Å². The maximum atomic E-state index is 12.2. The minimum atomic E-state index is -3.64. The number of hydrogen-bond acceptors (Lipinski definition) is 5. The molecule has 1 aromatic rings. The molecule has 0 spiro atoms. The van der Waals surface area contributed by atoms with Crippen LogP contribution in [0.3, 0.4) is 0 Å². The Morgan fingerprint density at radius 2 is 2.00 bits per heavy atom. The molecule has 1 aromatic carbocycles. The Balaban J connectivity index is 2.98. The van der Waals surface area contributed by atoms with Crippen LogP contribution in [0, 0.1) is 10.1 Å². The van der Waals surface area contributed by atoms with E-state index in [0.29, 0.717) is 6.42 Å². The van der Waals surface area contributed by atoms with E-state index in [0.717, 1.165) is 0 Å². The van der Waals surface area contributed by atoms with E-state index < -0.39 is 20.7 Å². The third-order valence-electron chi connectivity index (χ3n) is 2.84. The second kappa shape index (κ2) is 7.32. The van der Waals surface area contributed by atoms with E-state index in [9.17, 15) is 18.5 Å². The Hall–Kier alpha value is -1.51. The average molecular weight is 302 g/mol. The summed E-state index contributed by atoms with van der Waals surface area (Å²) in [7, 11) is -3.64. The van der Waals surface area contributed by atoms with E-state index in [1.54, 1.807) is 13.0 Å². The van der Waals surface area contributed by atoms with Crippen molar-refractivity contribution in [3.8, 4) is 0 Å². The Bertz CT molecular complexity index is 559. The molecule has 0 amide bonds. The lowest BCUT2D eigenvalue weighted by atomic mass is 10.2.